The lowest BCUT2D eigenvalue weighted by Gasteiger charge is -2.29. The highest BCUT2D eigenvalue weighted by Gasteiger charge is 2.29. The minimum atomic E-state index is -2.97. The minimum Gasteiger partial charge on any atom is -0.550 e. The van der Waals surface area contributed by atoms with Gasteiger partial charge in [0, 0.05) is 24.8 Å². The predicted octanol–water partition coefficient (Wildman–Crippen LogP) is -6.34. The van der Waals surface area contributed by atoms with Gasteiger partial charge >= 0.3 is 0 Å². The third-order valence-corrected chi connectivity index (χ3v) is 1.25. The zero-order chi connectivity index (χ0) is 21.4. The molecule has 0 heterocycles. The third kappa shape index (κ3) is 44.9. The lowest BCUT2D eigenvalue weighted by atomic mass is 9.96. The van der Waals surface area contributed by atoms with E-state index >= 15 is 0 Å². The second-order valence-electron chi connectivity index (χ2n) is 6.60. The van der Waals surface area contributed by atoms with E-state index in [0.717, 1.165) is 0 Å². The molecule has 0 fully saturated rings. The van der Waals surface area contributed by atoms with Gasteiger partial charge in [0.1, 0.15) is 5.60 Å². The van der Waals surface area contributed by atoms with Gasteiger partial charge in [-0.1, -0.05) is 0 Å². The molecule has 0 aromatic rings. The van der Waals surface area contributed by atoms with Crippen LogP contribution in [0.2, 0.25) is 0 Å². The number of carboxylic acids is 3. The van der Waals surface area contributed by atoms with Gasteiger partial charge in [-0.3, -0.25) is 0 Å². The fraction of sp³-hybridized carbons (Fsp3) is 0.800. The molecule has 0 spiro atoms. The van der Waals surface area contributed by atoms with Crippen molar-refractivity contribution in [1.29, 1.82) is 0 Å². The topological polar surface area (TPSA) is 224 Å². The van der Waals surface area contributed by atoms with E-state index in [-0.39, 0.29) is 0 Å². The first-order valence-electron chi connectivity index (χ1n) is 7.80. The molecule has 10 N–H and O–H groups in total. The molecule has 0 aromatic heterocycles. The molecule has 10 heteroatoms. The van der Waals surface area contributed by atoms with E-state index < -0.39 is 36.4 Å². The van der Waals surface area contributed by atoms with Gasteiger partial charge in [-0.2, -0.15) is 0 Å². The second kappa shape index (κ2) is 17.1. The number of aliphatic carboxylic acids is 3. The Kier molecular flexibility index (Phi) is 21.2. The third-order valence-electron chi connectivity index (χ3n) is 1.25. The van der Waals surface area contributed by atoms with Gasteiger partial charge in [0.05, 0.1) is 24.1 Å². The van der Waals surface area contributed by atoms with Crippen LogP contribution >= 0.6 is 0 Å². The number of aliphatic hydroxyl groups is 1. The molecule has 0 amide bonds. The van der Waals surface area contributed by atoms with E-state index in [1.807, 2.05) is 0 Å². The van der Waals surface area contributed by atoms with Crippen molar-refractivity contribution in [2.24, 2.45) is 0 Å². The first kappa shape index (κ1) is 31.1. The normalized spacial score (nSPS) is 9.96. The number of hydrogen-bond donors (Lipinski definition) is 4. The summed E-state index contributed by atoms with van der Waals surface area (Å²) < 4.78 is 0. The number of quaternary nitrogens is 3. The van der Waals surface area contributed by atoms with Crippen LogP contribution in [0, 0.1) is 0 Å². The largest absolute Gasteiger partial charge is 0.550 e. The van der Waals surface area contributed by atoms with E-state index in [1.165, 1.54) is 0 Å². The van der Waals surface area contributed by atoms with Crippen molar-refractivity contribution in [3.63, 3.8) is 0 Å². The summed E-state index contributed by atoms with van der Waals surface area (Å²) in [4.78, 5) is 30.0. The molecular formula is C15H35N3O7. The molecule has 0 aliphatic rings. The molecule has 0 aromatic carbocycles. The first-order chi connectivity index (χ1) is 11.0. The van der Waals surface area contributed by atoms with Crippen LogP contribution < -0.4 is 32.5 Å². The Hall–Kier alpha value is -1.75. The summed E-state index contributed by atoms with van der Waals surface area (Å²) in [6.07, 6.45) is -2.72. The molecule has 0 rings (SSSR count). The van der Waals surface area contributed by atoms with Gasteiger partial charge in [-0.05, 0) is 41.5 Å². The standard InChI is InChI=1S/C6H8O7.3C3H9N/c7-3(8)1-6(13,5(11)12)2-4(9)10;3*1-3(2)4/h13H,1-2H2,(H,7,8)(H,9,10)(H,11,12);3*3H,4H2,1-2H3. The van der Waals surface area contributed by atoms with Crippen molar-refractivity contribution >= 4 is 17.9 Å². The smallest absolute Gasteiger partial charge is 0.114 e. The number of carboxylic acid groups (broad SMARTS) is 3. The maximum atomic E-state index is 10.1. The van der Waals surface area contributed by atoms with Crippen molar-refractivity contribution < 1.29 is 52.0 Å². The second-order valence-corrected chi connectivity index (χ2v) is 6.60. The molecule has 10 nitrogen and oxygen atoms in total. The molecule has 0 unspecified atom stereocenters. The summed E-state index contributed by atoms with van der Waals surface area (Å²) in [6, 6.07) is 1.75. The molecule has 0 radical (unpaired) electrons. The van der Waals surface area contributed by atoms with Crippen molar-refractivity contribution in [2.75, 3.05) is 0 Å². The van der Waals surface area contributed by atoms with Crippen LogP contribution in [0.25, 0.3) is 0 Å². The van der Waals surface area contributed by atoms with Crippen LogP contribution in [0.4, 0.5) is 0 Å². The van der Waals surface area contributed by atoms with Gasteiger partial charge in [0.25, 0.3) is 0 Å². The number of carbonyl (C=O) groups excluding carboxylic acids is 3. The highest BCUT2D eigenvalue weighted by Crippen LogP contribution is 2.13. The maximum Gasteiger partial charge on any atom is 0.114 e. The fourth-order valence-electron chi connectivity index (χ4n) is 0.684. The molecule has 25 heavy (non-hydrogen) atoms. The quantitative estimate of drug-likeness (QED) is 0.366. The first-order valence-corrected chi connectivity index (χ1v) is 7.80. The van der Waals surface area contributed by atoms with Crippen LogP contribution in [-0.2, 0) is 14.4 Å². The van der Waals surface area contributed by atoms with Crippen molar-refractivity contribution in [1.82, 2.24) is 0 Å². The van der Waals surface area contributed by atoms with Gasteiger partial charge < -0.3 is 52.0 Å². The SMILES string of the molecule is CC(C)[NH3+].CC(C)[NH3+].CC(C)[NH3+].O=C([O-])CC(O)(CC(=O)[O-])C(=O)[O-]. The van der Waals surface area contributed by atoms with E-state index in [4.69, 9.17) is 5.11 Å². The van der Waals surface area contributed by atoms with Crippen molar-refractivity contribution in [3.05, 3.63) is 0 Å². The van der Waals surface area contributed by atoms with Crippen LogP contribution in [0.3, 0.4) is 0 Å². The highest BCUT2D eigenvalue weighted by molar-refractivity contribution is 5.86. The maximum absolute atomic E-state index is 10.1. The molecule has 0 saturated carbocycles. The van der Waals surface area contributed by atoms with Gasteiger partial charge in [-0.15, -0.1) is 0 Å². The monoisotopic (exact) mass is 369 g/mol. The summed E-state index contributed by atoms with van der Waals surface area (Å²) in [5.74, 6) is -5.98. The van der Waals surface area contributed by atoms with Crippen LogP contribution in [-0.4, -0.2) is 46.7 Å². The zero-order valence-corrected chi connectivity index (χ0v) is 16.2. The lowest BCUT2D eigenvalue weighted by Crippen LogP contribution is -2.57. The fourth-order valence-corrected chi connectivity index (χ4v) is 0.684. The average molecular weight is 369 g/mol. The molecule has 0 aliphatic heterocycles. The van der Waals surface area contributed by atoms with E-state index in [9.17, 15) is 29.7 Å². The Morgan fingerprint density at radius 2 is 0.920 bits per heavy atom. The summed E-state index contributed by atoms with van der Waals surface area (Å²) in [6.45, 7) is 12.3. The van der Waals surface area contributed by atoms with Gasteiger partial charge in [-0.25, -0.2) is 0 Å². The van der Waals surface area contributed by atoms with Crippen molar-refractivity contribution in [3.8, 4) is 0 Å². The Labute approximate surface area is 149 Å². The summed E-state index contributed by atoms with van der Waals surface area (Å²) in [5, 5.41) is 38.9. The highest BCUT2D eigenvalue weighted by atomic mass is 16.4. The number of hydrogen-bond acceptors (Lipinski definition) is 7. The summed E-state index contributed by atoms with van der Waals surface area (Å²) in [5.41, 5.74) is 7.94. The van der Waals surface area contributed by atoms with E-state index in [0.29, 0.717) is 18.1 Å². The van der Waals surface area contributed by atoms with Crippen LogP contribution in [0.5, 0.6) is 0 Å². The van der Waals surface area contributed by atoms with E-state index in [2.05, 4.69) is 58.7 Å². The lowest BCUT2D eigenvalue weighted by molar-refractivity contribution is -0.408. The number of rotatable bonds is 5. The minimum absolute atomic E-state index is 0.583. The molecular weight excluding hydrogens is 334 g/mol. The Balaban J connectivity index is -0.000000150. The molecule has 152 valence electrons. The van der Waals surface area contributed by atoms with Gasteiger partial charge in [0.15, 0.2) is 0 Å². The average Bonchev–Trinajstić information content (AvgIpc) is 2.22. The van der Waals surface area contributed by atoms with E-state index in [1.54, 1.807) is 0 Å². The predicted molar refractivity (Wildman–Crippen MR) is 83.3 cm³/mol. The summed E-state index contributed by atoms with van der Waals surface area (Å²) in [7, 11) is 0. The molecule has 0 atom stereocenters. The Morgan fingerprint density at radius 1 is 0.760 bits per heavy atom. The van der Waals surface area contributed by atoms with Gasteiger partial charge in [0.2, 0.25) is 0 Å². The zero-order valence-electron chi connectivity index (χ0n) is 16.2. The van der Waals surface area contributed by atoms with Crippen molar-refractivity contribution in [2.45, 2.75) is 78.1 Å². The Morgan fingerprint density at radius 3 is 1.00 bits per heavy atom. The molecule has 0 saturated heterocycles. The summed E-state index contributed by atoms with van der Waals surface area (Å²) >= 11 is 0. The van der Waals surface area contributed by atoms with Crippen LogP contribution in [0.15, 0.2) is 0 Å². The molecule has 0 aliphatic carbocycles. The molecule has 0 bridgehead atoms. The van der Waals surface area contributed by atoms with Crippen LogP contribution in [0.1, 0.15) is 54.4 Å². The Bertz CT molecular complexity index is 334. The number of carbonyl (C=O) groups is 3.